The van der Waals surface area contributed by atoms with Gasteiger partial charge in [-0.2, -0.15) is 13.7 Å². The van der Waals surface area contributed by atoms with Crippen LogP contribution in [0.3, 0.4) is 0 Å². The minimum absolute atomic E-state index is 0.0185. The Hall–Kier alpha value is -4.50. The van der Waals surface area contributed by atoms with E-state index in [1.54, 1.807) is 36.1 Å². The minimum Gasteiger partial charge on any atom is -0.490 e. The van der Waals surface area contributed by atoms with Crippen molar-refractivity contribution in [3.63, 3.8) is 0 Å². The zero-order chi connectivity index (χ0) is 31.6. The van der Waals surface area contributed by atoms with Crippen molar-refractivity contribution in [2.24, 2.45) is 0 Å². The molecule has 2 heterocycles. The molecule has 0 spiro atoms. The molecule has 5 rings (SSSR count). The number of carbonyl (C=O) groups excluding carboxylic acids is 2. The highest BCUT2D eigenvalue weighted by Gasteiger charge is 2.40. The summed E-state index contributed by atoms with van der Waals surface area (Å²) in [4.78, 5) is 26.3. The average molecular weight is 621 g/mol. The summed E-state index contributed by atoms with van der Waals surface area (Å²) < 4.78 is 47.1. The van der Waals surface area contributed by atoms with Crippen LogP contribution >= 0.6 is 0 Å². The lowest BCUT2D eigenvalue weighted by molar-refractivity contribution is 0.0126. The number of fused-ring (bicyclic) bond motifs is 2. The normalized spacial score (nSPS) is 17.1. The number of likely N-dealkylation sites (tertiary alicyclic amines) is 1. The van der Waals surface area contributed by atoms with Crippen LogP contribution in [0, 0.1) is 11.3 Å². The molecule has 2 aliphatic heterocycles. The SMILES string of the molecule is CCOC(=O)NS(=O)(=O)N1c2ccc(OC3CCN(C(=O)OC(C)(C)C)CC3)cc2CC1c1ccc2ccc(C#N)cc2c1. The van der Waals surface area contributed by atoms with Gasteiger partial charge >= 0.3 is 22.4 Å². The Morgan fingerprint density at radius 1 is 1.02 bits per heavy atom. The maximum Gasteiger partial charge on any atom is 0.422 e. The predicted octanol–water partition coefficient (Wildman–Crippen LogP) is 5.58. The Balaban J connectivity index is 1.39. The quantitative estimate of drug-likeness (QED) is 0.377. The van der Waals surface area contributed by atoms with Crippen LogP contribution in [0.4, 0.5) is 15.3 Å². The molecule has 2 amide bonds. The third kappa shape index (κ3) is 6.83. The van der Waals surface area contributed by atoms with Gasteiger partial charge in [0.25, 0.3) is 0 Å². The minimum atomic E-state index is -4.36. The molecule has 44 heavy (non-hydrogen) atoms. The molecule has 2 aliphatic rings. The summed E-state index contributed by atoms with van der Waals surface area (Å²) in [5.74, 6) is 0.591. The molecule has 0 radical (unpaired) electrons. The van der Waals surface area contributed by atoms with Crippen molar-refractivity contribution in [1.82, 2.24) is 9.62 Å². The first kappa shape index (κ1) is 30.9. The lowest BCUT2D eigenvalue weighted by Crippen LogP contribution is -2.44. The number of piperidine rings is 1. The van der Waals surface area contributed by atoms with Crippen molar-refractivity contribution in [1.29, 1.82) is 5.26 Å². The molecular weight excluding hydrogens is 584 g/mol. The first-order chi connectivity index (χ1) is 20.9. The van der Waals surface area contributed by atoms with Gasteiger partial charge in [-0.15, -0.1) is 0 Å². The maximum atomic E-state index is 13.6. The van der Waals surface area contributed by atoms with Crippen LogP contribution in [-0.4, -0.2) is 56.9 Å². The summed E-state index contributed by atoms with van der Waals surface area (Å²) in [6.45, 7) is 8.13. The molecule has 12 heteroatoms. The predicted molar refractivity (Wildman–Crippen MR) is 165 cm³/mol. The molecule has 1 saturated heterocycles. The summed E-state index contributed by atoms with van der Waals surface area (Å²) in [6.07, 6.45) is 0.0695. The third-order valence-electron chi connectivity index (χ3n) is 7.51. The first-order valence-electron chi connectivity index (χ1n) is 14.6. The van der Waals surface area contributed by atoms with Crippen LogP contribution in [0.2, 0.25) is 0 Å². The molecule has 0 bridgehead atoms. The monoisotopic (exact) mass is 620 g/mol. The second-order valence-electron chi connectivity index (χ2n) is 11.9. The fourth-order valence-corrected chi connectivity index (χ4v) is 6.89. The van der Waals surface area contributed by atoms with Gasteiger partial charge in [-0.1, -0.05) is 18.2 Å². The van der Waals surface area contributed by atoms with E-state index in [1.807, 2.05) is 55.8 Å². The van der Waals surface area contributed by atoms with Crippen molar-refractivity contribution < 1.29 is 32.2 Å². The van der Waals surface area contributed by atoms with E-state index in [4.69, 9.17) is 14.2 Å². The van der Waals surface area contributed by atoms with E-state index < -0.39 is 27.9 Å². The fourth-order valence-electron chi connectivity index (χ4n) is 5.56. The summed E-state index contributed by atoms with van der Waals surface area (Å²) in [7, 11) is -4.36. The molecule has 1 unspecified atom stereocenters. The van der Waals surface area contributed by atoms with Gasteiger partial charge in [0.15, 0.2) is 0 Å². The molecule has 1 N–H and O–H groups in total. The van der Waals surface area contributed by atoms with Crippen molar-refractivity contribution in [2.45, 2.75) is 64.7 Å². The number of nitriles is 1. The molecule has 232 valence electrons. The van der Waals surface area contributed by atoms with E-state index in [-0.39, 0.29) is 18.8 Å². The van der Waals surface area contributed by atoms with E-state index in [1.165, 1.54) is 4.31 Å². The Morgan fingerprint density at radius 2 is 1.75 bits per heavy atom. The van der Waals surface area contributed by atoms with Crippen LogP contribution in [0.5, 0.6) is 5.75 Å². The zero-order valence-corrected chi connectivity index (χ0v) is 26.0. The van der Waals surface area contributed by atoms with Crippen LogP contribution in [0.15, 0.2) is 54.6 Å². The molecule has 0 aromatic heterocycles. The van der Waals surface area contributed by atoms with Gasteiger partial charge in [0.1, 0.15) is 17.5 Å². The van der Waals surface area contributed by atoms with Gasteiger partial charge in [-0.3, -0.25) is 0 Å². The molecule has 3 aromatic rings. The zero-order valence-electron chi connectivity index (χ0n) is 25.2. The standard InChI is InChI=1S/C32H36N4O7S/c1-5-41-30(37)34-44(39,40)36-28-11-10-27(42-26-12-14-35(15-13-26)31(38)43-32(2,3)4)18-25(28)19-29(36)23-9-8-22-7-6-21(20-33)16-24(22)17-23/h6-11,16-18,26,29H,5,12-15,19H2,1-4H3,(H,34,37). The number of rotatable bonds is 6. The lowest BCUT2D eigenvalue weighted by atomic mass is 9.98. The maximum absolute atomic E-state index is 13.6. The number of carbonyl (C=O) groups is 2. The van der Waals surface area contributed by atoms with E-state index in [2.05, 4.69) is 6.07 Å². The number of hydrogen-bond donors (Lipinski definition) is 1. The van der Waals surface area contributed by atoms with E-state index >= 15 is 0 Å². The number of benzene rings is 3. The second-order valence-corrected chi connectivity index (χ2v) is 13.4. The van der Waals surface area contributed by atoms with E-state index in [9.17, 15) is 23.3 Å². The lowest BCUT2D eigenvalue weighted by Gasteiger charge is -2.33. The molecule has 0 saturated carbocycles. The van der Waals surface area contributed by atoms with Gasteiger partial charge in [0, 0.05) is 32.4 Å². The Labute approximate surface area is 257 Å². The molecule has 1 atom stereocenters. The van der Waals surface area contributed by atoms with Gasteiger partial charge in [-0.05, 0) is 86.0 Å². The number of anilines is 1. The van der Waals surface area contributed by atoms with Gasteiger partial charge in [0.2, 0.25) is 0 Å². The average Bonchev–Trinajstić information content (AvgIpc) is 3.36. The Bertz CT molecular complexity index is 1720. The summed E-state index contributed by atoms with van der Waals surface area (Å²) >= 11 is 0. The Kier molecular flexibility index (Phi) is 8.61. The van der Waals surface area contributed by atoms with Crippen molar-refractivity contribution >= 4 is 38.9 Å². The highest BCUT2D eigenvalue weighted by molar-refractivity contribution is 7.91. The number of nitrogens with zero attached hydrogens (tertiary/aromatic N) is 3. The van der Waals surface area contributed by atoms with E-state index in [0.717, 1.165) is 16.3 Å². The van der Waals surface area contributed by atoms with Gasteiger partial charge in [-0.25, -0.2) is 18.6 Å². The number of amides is 2. The highest BCUT2D eigenvalue weighted by Crippen LogP contribution is 2.44. The molecule has 0 aliphatic carbocycles. The molecular formula is C32H36N4O7S. The molecule has 1 fully saturated rings. The highest BCUT2D eigenvalue weighted by atomic mass is 32.2. The van der Waals surface area contributed by atoms with Crippen LogP contribution in [0.25, 0.3) is 10.8 Å². The number of hydrogen-bond acceptors (Lipinski definition) is 8. The van der Waals surface area contributed by atoms with Crippen LogP contribution < -0.4 is 13.8 Å². The van der Waals surface area contributed by atoms with Crippen molar-refractivity contribution in [3.8, 4) is 11.8 Å². The molecule has 3 aromatic carbocycles. The second kappa shape index (κ2) is 12.2. The third-order valence-corrected chi connectivity index (χ3v) is 8.90. The van der Waals surface area contributed by atoms with E-state index in [0.29, 0.717) is 54.9 Å². The molecule has 11 nitrogen and oxygen atoms in total. The van der Waals surface area contributed by atoms with Gasteiger partial charge in [0.05, 0.1) is 30.0 Å². The fraction of sp³-hybridized carbons (Fsp3) is 0.406. The number of ether oxygens (including phenoxy) is 3. The topological polar surface area (TPSA) is 138 Å². The van der Waals surface area contributed by atoms with Gasteiger partial charge < -0.3 is 19.1 Å². The smallest absolute Gasteiger partial charge is 0.422 e. The number of nitrogens with one attached hydrogen (secondary N) is 1. The largest absolute Gasteiger partial charge is 0.490 e. The summed E-state index contributed by atoms with van der Waals surface area (Å²) in [5, 5.41) is 11.1. The van der Waals surface area contributed by atoms with Crippen LogP contribution in [0.1, 0.15) is 63.3 Å². The van der Waals surface area contributed by atoms with Crippen LogP contribution in [-0.2, 0) is 26.1 Å². The first-order valence-corrected chi connectivity index (χ1v) is 16.0. The van der Waals surface area contributed by atoms with Crippen molar-refractivity contribution in [2.75, 3.05) is 24.0 Å². The summed E-state index contributed by atoms with van der Waals surface area (Å²) in [6, 6.07) is 17.6. The Morgan fingerprint density at radius 3 is 2.43 bits per heavy atom. The summed E-state index contributed by atoms with van der Waals surface area (Å²) in [5.41, 5.74) is 1.79. The van der Waals surface area contributed by atoms with Crippen molar-refractivity contribution in [3.05, 3.63) is 71.3 Å².